The van der Waals surface area contributed by atoms with E-state index in [2.05, 4.69) is 10.6 Å². The molecule has 1 unspecified atom stereocenters. The lowest BCUT2D eigenvalue weighted by Gasteiger charge is -2.33. The lowest BCUT2D eigenvalue weighted by Crippen LogP contribution is -2.49. The van der Waals surface area contributed by atoms with Crippen molar-refractivity contribution in [1.29, 1.82) is 0 Å². The van der Waals surface area contributed by atoms with Crippen LogP contribution in [0, 0.1) is 5.92 Å². The predicted molar refractivity (Wildman–Crippen MR) is 94.1 cm³/mol. The van der Waals surface area contributed by atoms with Crippen LogP contribution >= 0.6 is 11.6 Å². The molecule has 1 atom stereocenters. The summed E-state index contributed by atoms with van der Waals surface area (Å²) in [5.74, 6) is -0.0357. The zero-order chi connectivity index (χ0) is 16.9. The van der Waals surface area contributed by atoms with Crippen LogP contribution in [0.25, 0.3) is 0 Å². The molecule has 2 heterocycles. The number of carbonyl (C=O) groups excluding carboxylic acids is 2. The minimum absolute atomic E-state index is 0.0222. The van der Waals surface area contributed by atoms with Crippen LogP contribution in [0.1, 0.15) is 36.0 Å². The minimum atomic E-state index is -0.107. The van der Waals surface area contributed by atoms with E-state index in [0.29, 0.717) is 23.7 Å². The highest BCUT2D eigenvalue weighted by Crippen LogP contribution is 2.20. The van der Waals surface area contributed by atoms with E-state index in [9.17, 15) is 9.59 Å². The van der Waals surface area contributed by atoms with E-state index in [0.717, 1.165) is 38.8 Å². The summed E-state index contributed by atoms with van der Waals surface area (Å²) in [4.78, 5) is 26.9. The van der Waals surface area contributed by atoms with E-state index in [1.165, 1.54) is 0 Å². The topological polar surface area (TPSA) is 61.4 Å². The normalized spacial score (nSPS) is 22.2. The molecule has 0 aliphatic carbocycles. The van der Waals surface area contributed by atoms with Gasteiger partial charge in [0, 0.05) is 29.7 Å². The first-order valence-electron chi connectivity index (χ1n) is 8.69. The quantitative estimate of drug-likeness (QED) is 0.878. The zero-order valence-corrected chi connectivity index (χ0v) is 14.5. The number of hydrogen-bond acceptors (Lipinski definition) is 3. The van der Waals surface area contributed by atoms with Gasteiger partial charge in [0.1, 0.15) is 0 Å². The smallest absolute Gasteiger partial charge is 0.253 e. The first-order chi connectivity index (χ1) is 11.6. The highest BCUT2D eigenvalue weighted by Gasteiger charge is 2.30. The van der Waals surface area contributed by atoms with Crippen molar-refractivity contribution in [2.45, 2.75) is 31.7 Å². The van der Waals surface area contributed by atoms with Crippen molar-refractivity contribution in [3.63, 3.8) is 0 Å². The maximum Gasteiger partial charge on any atom is 0.253 e. The molecule has 2 fully saturated rings. The highest BCUT2D eigenvalue weighted by atomic mass is 35.5. The number of rotatable bonds is 3. The molecule has 1 aromatic rings. The van der Waals surface area contributed by atoms with Gasteiger partial charge in [0.15, 0.2) is 0 Å². The van der Waals surface area contributed by atoms with Gasteiger partial charge in [-0.2, -0.15) is 0 Å². The maximum absolute atomic E-state index is 12.6. The second-order valence-corrected chi connectivity index (χ2v) is 7.07. The van der Waals surface area contributed by atoms with Crippen molar-refractivity contribution in [1.82, 2.24) is 15.5 Å². The molecule has 5 nitrogen and oxygen atoms in total. The van der Waals surface area contributed by atoms with Crippen LogP contribution in [0.2, 0.25) is 5.02 Å². The molecule has 6 heteroatoms. The fourth-order valence-electron chi connectivity index (χ4n) is 3.44. The number of carbonyl (C=O) groups is 2. The summed E-state index contributed by atoms with van der Waals surface area (Å²) in [5.41, 5.74) is 0.624. The standard InChI is InChI=1S/C18H24ClN3O2/c19-15-5-3-13(4-6-15)18(24)22-11-1-2-14(12-22)17(23)21-16-7-9-20-10-8-16/h3-6,14,16,20H,1-2,7-12H2,(H,21,23). The molecule has 2 amide bonds. The SMILES string of the molecule is O=C(NC1CCNCC1)C1CCCN(C(=O)c2ccc(Cl)cc2)C1. The van der Waals surface area contributed by atoms with Gasteiger partial charge in [-0.25, -0.2) is 0 Å². The molecule has 24 heavy (non-hydrogen) atoms. The van der Waals surface area contributed by atoms with Crippen LogP contribution < -0.4 is 10.6 Å². The largest absolute Gasteiger partial charge is 0.353 e. The number of piperidine rings is 2. The fraction of sp³-hybridized carbons (Fsp3) is 0.556. The summed E-state index contributed by atoms with van der Waals surface area (Å²) in [6.07, 6.45) is 3.67. The van der Waals surface area contributed by atoms with Gasteiger partial charge in [0.2, 0.25) is 5.91 Å². The van der Waals surface area contributed by atoms with Crippen molar-refractivity contribution >= 4 is 23.4 Å². The second-order valence-electron chi connectivity index (χ2n) is 6.63. The Morgan fingerprint density at radius 3 is 2.54 bits per heavy atom. The monoisotopic (exact) mass is 349 g/mol. The molecular formula is C18H24ClN3O2. The van der Waals surface area contributed by atoms with Gasteiger partial charge in [0.25, 0.3) is 5.91 Å². The number of benzene rings is 1. The Hall–Kier alpha value is -1.59. The molecule has 0 saturated carbocycles. The van der Waals surface area contributed by atoms with Crippen LogP contribution in [-0.4, -0.2) is 48.9 Å². The van der Waals surface area contributed by atoms with Gasteiger partial charge >= 0.3 is 0 Å². The van der Waals surface area contributed by atoms with Gasteiger partial charge in [-0.05, 0) is 63.0 Å². The van der Waals surface area contributed by atoms with Gasteiger partial charge in [-0.1, -0.05) is 11.6 Å². The molecule has 0 bridgehead atoms. The summed E-state index contributed by atoms with van der Waals surface area (Å²) in [7, 11) is 0. The third kappa shape index (κ3) is 4.28. The van der Waals surface area contributed by atoms with Crippen molar-refractivity contribution in [3.05, 3.63) is 34.9 Å². The first kappa shape index (κ1) is 17.2. The molecule has 0 spiro atoms. The number of halogens is 1. The molecule has 2 aliphatic heterocycles. The molecule has 3 rings (SSSR count). The van der Waals surface area contributed by atoms with Crippen LogP contribution in [0.3, 0.4) is 0 Å². The molecule has 0 radical (unpaired) electrons. The average Bonchev–Trinajstić information content (AvgIpc) is 2.63. The zero-order valence-electron chi connectivity index (χ0n) is 13.8. The third-order valence-electron chi connectivity index (χ3n) is 4.86. The van der Waals surface area contributed by atoms with Gasteiger partial charge in [0.05, 0.1) is 5.92 Å². The summed E-state index contributed by atoms with van der Waals surface area (Å²) in [6, 6.07) is 7.19. The van der Waals surface area contributed by atoms with Gasteiger partial charge in [-0.15, -0.1) is 0 Å². The van der Waals surface area contributed by atoms with E-state index in [1.807, 2.05) is 0 Å². The number of nitrogens with one attached hydrogen (secondary N) is 2. The maximum atomic E-state index is 12.6. The minimum Gasteiger partial charge on any atom is -0.353 e. The molecule has 130 valence electrons. The third-order valence-corrected chi connectivity index (χ3v) is 5.11. The van der Waals surface area contributed by atoms with Crippen molar-refractivity contribution < 1.29 is 9.59 Å². The summed E-state index contributed by atoms with van der Waals surface area (Å²) in [5, 5.41) is 7.07. The molecule has 2 aliphatic rings. The summed E-state index contributed by atoms with van der Waals surface area (Å²) < 4.78 is 0. The summed E-state index contributed by atoms with van der Waals surface area (Å²) >= 11 is 5.88. The van der Waals surface area contributed by atoms with E-state index in [1.54, 1.807) is 29.2 Å². The number of hydrogen-bond donors (Lipinski definition) is 2. The number of likely N-dealkylation sites (tertiary alicyclic amines) is 1. The van der Waals surface area contributed by atoms with Crippen LogP contribution in [-0.2, 0) is 4.79 Å². The number of amides is 2. The predicted octanol–water partition coefficient (Wildman–Crippen LogP) is 2.06. The number of nitrogens with zero attached hydrogens (tertiary/aromatic N) is 1. The molecular weight excluding hydrogens is 326 g/mol. The Balaban J connectivity index is 1.58. The summed E-state index contributed by atoms with van der Waals surface area (Å²) in [6.45, 7) is 3.12. The Morgan fingerprint density at radius 2 is 1.83 bits per heavy atom. The fourth-order valence-corrected chi connectivity index (χ4v) is 3.56. The first-order valence-corrected chi connectivity index (χ1v) is 9.07. The molecule has 1 aromatic carbocycles. The molecule has 0 aromatic heterocycles. The van der Waals surface area contributed by atoms with Crippen LogP contribution in [0.4, 0.5) is 0 Å². The average molecular weight is 350 g/mol. The van der Waals surface area contributed by atoms with Crippen LogP contribution in [0.15, 0.2) is 24.3 Å². The van der Waals surface area contributed by atoms with Crippen LogP contribution in [0.5, 0.6) is 0 Å². The Bertz CT molecular complexity index is 584. The Labute approximate surface area is 147 Å². The second kappa shape index (κ2) is 7.99. The van der Waals surface area contributed by atoms with Crippen molar-refractivity contribution in [3.8, 4) is 0 Å². The Morgan fingerprint density at radius 1 is 1.12 bits per heavy atom. The highest BCUT2D eigenvalue weighted by molar-refractivity contribution is 6.30. The van der Waals surface area contributed by atoms with E-state index < -0.39 is 0 Å². The van der Waals surface area contributed by atoms with E-state index in [4.69, 9.17) is 11.6 Å². The molecule has 2 N–H and O–H groups in total. The van der Waals surface area contributed by atoms with Gasteiger partial charge < -0.3 is 15.5 Å². The lowest BCUT2D eigenvalue weighted by molar-refractivity contribution is -0.127. The van der Waals surface area contributed by atoms with Crippen molar-refractivity contribution in [2.75, 3.05) is 26.2 Å². The Kier molecular flexibility index (Phi) is 5.74. The lowest BCUT2D eigenvalue weighted by atomic mass is 9.95. The van der Waals surface area contributed by atoms with E-state index >= 15 is 0 Å². The molecule has 2 saturated heterocycles. The van der Waals surface area contributed by atoms with E-state index in [-0.39, 0.29) is 23.8 Å². The van der Waals surface area contributed by atoms with Gasteiger partial charge in [-0.3, -0.25) is 9.59 Å². The van der Waals surface area contributed by atoms with Crippen molar-refractivity contribution in [2.24, 2.45) is 5.92 Å².